The van der Waals surface area contributed by atoms with E-state index in [1.54, 1.807) is 12.1 Å². The zero-order valence-corrected chi connectivity index (χ0v) is 17.9. The number of hydrogen-bond donors (Lipinski definition) is 2. The van der Waals surface area contributed by atoms with Crippen molar-refractivity contribution in [2.45, 2.75) is 17.2 Å². The predicted octanol–water partition coefficient (Wildman–Crippen LogP) is 5.32. The first-order valence-corrected chi connectivity index (χ1v) is 11.6. The van der Waals surface area contributed by atoms with E-state index in [0.717, 1.165) is 23.6 Å². The number of halogens is 3. The third-order valence-corrected chi connectivity index (χ3v) is 7.54. The SMILES string of the molecule is O=C(NCCNc1ccc(C(F)(F)F)cc1[N+](=O)[O-])c1ccc(C2SCCCS2)cc1. The highest BCUT2D eigenvalue weighted by Crippen LogP contribution is 2.43. The summed E-state index contributed by atoms with van der Waals surface area (Å²) in [6, 6.07) is 9.68. The fourth-order valence-electron chi connectivity index (χ4n) is 2.96. The average Bonchev–Trinajstić information content (AvgIpc) is 2.76. The van der Waals surface area contributed by atoms with Crippen LogP contribution in [0.15, 0.2) is 42.5 Å². The van der Waals surface area contributed by atoms with Gasteiger partial charge >= 0.3 is 6.18 Å². The summed E-state index contributed by atoms with van der Waals surface area (Å²) in [5, 5.41) is 16.5. The first kappa shape index (κ1) is 23.3. The summed E-state index contributed by atoms with van der Waals surface area (Å²) in [4.78, 5) is 22.5. The number of thioether (sulfide) groups is 2. The fraction of sp³-hybridized carbons (Fsp3) is 0.350. The van der Waals surface area contributed by atoms with E-state index in [1.807, 2.05) is 35.7 Å². The number of rotatable bonds is 7. The van der Waals surface area contributed by atoms with Crippen LogP contribution in [-0.4, -0.2) is 35.4 Å². The Balaban J connectivity index is 1.52. The first-order valence-electron chi connectivity index (χ1n) is 9.46. The molecule has 2 N–H and O–H groups in total. The topological polar surface area (TPSA) is 84.3 Å². The molecule has 1 aliphatic rings. The summed E-state index contributed by atoms with van der Waals surface area (Å²) >= 11 is 3.79. The van der Waals surface area contributed by atoms with Crippen molar-refractivity contribution in [1.29, 1.82) is 0 Å². The molecule has 3 rings (SSSR count). The number of carbonyl (C=O) groups excluding carboxylic acids is 1. The van der Waals surface area contributed by atoms with Gasteiger partial charge < -0.3 is 10.6 Å². The number of nitrogens with one attached hydrogen (secondary N) is 2. The van der Waals surface area contributed by atoms with E-state index in [4.69, 9.17) is 0 Å². The lowest BCUT2D eigenvalue weighted by Gasteiger charge is -2.21. The number of nitro groups is 1. The van der Waals surface area contributed by atoms with Gasteiger partial charge in [0.25, 0.3) is 11.6 Å². The van der Waals surface area contributed by atoms with E-state index < -0.39 is 22.4 Å². The van der Waals surface area contributed by atoms with E-state index in [1.165, 1.54) is 12.0 Å². The van der Waals surface area contributed by atoms with Gasteiger partial charge in [0.15, 0.2) is 0 Å². The average molecular weight is 472 g/mol. The summed E-state index contributed by atoms with van der Waals surface area (Å²) in [6.45, 7) is 0.262. The summed E-state index contributed by atoms with van der Waals surface area (Å²) in [6.07, 6.45) is -3.46. The molecule has 1 fully saturated rings. The van der Waals surface area contributed by atoms with Gasteiger partial charge in [-0.15, -0.1) is 23.5 Å². The van der Waals surface area contributed by atoms with Gasteiger partial charge in [0.05, 0.1) is 15.1 Å². The van der Waals surface area contributed by atoms with E-state index in [2.05, 4.69) is 10.6 Å². The van der Waals surface area contributed by atoms with Crippen LogP contribution in [0.5, 0.6) is 0 Å². The number of carbonyl (C=O) groups is 1. The Morgan fingerprint density at radius 1 is 1.10 bits per heavy atom. The zero-order valence-electron chi connectivity index (χ0n) is 16.3. The molecule has 1 amide bonds. The molecule has 1 aliphatic heterocycles. The Morgan fingerprint density at radius 2 is 1.77 bits per heavy atom. The van der Waals surface area contributed by atoms with E-state index in [0.29, 0.717) is 16.2 Å². The maximum Gasteiger partial charge on any atom is 0.416 e. The lowest BCUT2D eigenvalue weighted by molar-refractivity contribution is -0.384. The minimum atomic E-state index is -4.67. The highest BCUT2D eigenvalue weighted by Gasteiger charge is 2.33. The van der Waals surface area contributed by atoms with Crippen LogP contribution in [-0.2, 0) is 6.18 Å². The predicted molar refractivity (Wildman–Crippen MR) is 118 cm³/mol. The van der Waals surface area contributed by atoms with Gasteiger partial charge in [-0.05, 0) is 47.8 Å². The van der Waals surface area contributed by atoms with Gasteiger partial charge in [0.1, 0.15) is 5.69 Å². The molecular formula is C20H20F3N3O3S2. The Bertz CT molecular complexity index is 934. The van der Waals surface area contributed by atoms with Crippen LogP contribution in [0.25, 0.3) is 0 Å². The summed E-state index contributed by atoms with van der Waals surface area (Å²) in [5.41, 5.74) is -0.140. The molecule has 2 aromatic carbocycles. The second kappa shape index (κ2) is 10.3. The molecule has 11 heteroatoms. The molecule has 0 bridgehead atoms. The third kappa shape index (κ3) is 6.30. The monoisotopic (exact) mass is 471 g/mol. The molecule has 0 radical (unpaired) electrons. The van der Waals surface area contributed by atoms with Crippen LogP contribution in [0.4, 0.5) is 24.5 Å². The molecule has 0 saturated carbocycles. The number of amides is 1. The van der Waals surface area contributed by atoms with Crippen molar-refractivity contribution in [1.82, 2.24) is 5.32 Å². The van der Waals surface area contributed by atoms with Crippen LogP contribution >= 0.6 is 23.5 Å². The molecule has 166 valence electrons. The highest BCUT2D eigenvalue weighted by molar-refractivity contribution is 8.16. The number of benzene rings is 2. The van der Waals surface area contributed by atoms with Crippen LogP contribution in [0, 0.1) is 10.1 Å². The van der Waals surface area contributed by atoms with Crippen molar-refractivity contribution >= 4 is 40.8 Å². The number of hydrogen-bond acceptors (Lipinski definition) is 6. The third-order valence-electron chi connectivity index (χ3n) is 4.52. The Labute approximate surface area is 185 Å². The molecule has 6 nitrogen and oxygen atoms in total. The maximum atomic E-state index is 12.8. The summed E-state index contributed by atoms with van der Waals surface area (Å²) in [7, 11) is 0. The molecule has 2 aromatic rings. The van der Waals surface area contributed by atoms with E-state index >= 15 is 0 Å². The molecule has 0 unspecified atom stereocenters. The van der Waals surface area contributed by atoms with Gasteiger partial charge in [0.2, 0.25) is 0 Å². The van der Waals surface area contributed by atoms with Crippen molar-refractivity contribution in [2.75, 3.05) is 29.9 Å². The Kier molecular flexibility index (Phi) is 7.71. The van der Waals surface area contributed by atoms with Gasteiger partial charge in [-0.2, -0.15) is 13.2 Å². The van der Waals surface area contributed by atoms with Gasteiger partial charge in [-0.1, -0.05) is 12.1 Å². The summed E-state index contributed by atoms with van der Waals surface area (Å²) in [5.74, 6) is 1.97. The smallest absolute Gasteiger partial charge is 0.378 e. The van der Waals surface area contributed by atoms with Gasteiger partial charge in [0, 0.05) is 24.7 Å². The molecular weight excluding hydrogens is 451 g/mol. The summed E-state index contributed by atoms with van der Waals surface area (Å²) < 4.78 is 38.7. The van der Waals surface area contributed by atoms with E-state index in [9.17, 15) is 28.1 Å². The number of nitrogens with zero attached hydrogens (tertiary/aromatic N) is 1. The highest BCUT2D eigenvalue weighted by atomic mass is 32.2. The Morgan fingerprint density at radius 3 is 2.39 bits per heavy atom. The molecule has 0 atom stereocenters. The molecule has 0 spiro atoms. The number of anilines is 1. The lowest BCUT2D eigenvalue weighted by atomic mass is 10.1. The fourth-order valence-corrected chi connectivity index (χ4v) is 5.85. The maximum absolute atomic E-state index is 12.8. The number of nitro benzene ring substituents is 1. The van der Waals surface area contributed by atoms with Crippen molar-refractivity contribution in [3.8, 4) is 0 Å². The number of alkyl halides is 3. The second-order valence-electron chi connectivity index (χ2n) is 6.72. The van der Waals surface area contributed by atoms with Crippen LogP contribution in [0.1, 0.15) is 32.5 Å². The standard InChI is InChI=1S/C20H20F3N3O3S2/c21-20(22,23)15-6-7-16(17(12-15)26(28)29)24-8-9-25-18(27)13-2-4-14(5-3-13)19-30-10-1-11-31-19/h2-7,12,19,24H,1,8-11H2,(H,25,27). The van der Waals surface area contributed by atoms with Crippen molar-refractivity contribution in [2.24, 2.45) is 0 Å². The lowest BCUT2D eigenvalue weighted by Crippen LogP contribution is -2.28. The normalized spacial score (nSPS) is 14.8. The van der Waals surface area contributed by atoms with Crippen molar-refractivity contribution in [3.63, 3.8) is 0 Å². The van der Waals surface area contributed by atoms with Crippen LogP contribution in [0.3, 0.4) is 0 Å². The minimum Gasteiger partial charge on any atom is -0.378 e. The van der Waals surface area contributed by atoms with E-state index in [-0.39, 0.29) is 24.7 Å². The molecule has 1 heterocycles. The zero-order chi connectivity index (χ0) is 22.4. The molecule has 0 aliphatic carbocycles. The van der Waals surface area contributed by atoms with Crippen LogP contribution in [0.2, 0.25) is 0 Å². The molecule has 0 aromatic heterocycles. The van der Waals surface area contributed by atoms with Crippen molar-refractivity contribution < 1.29 is 22.9 Å². The van der Waals surface area contributed by atoms with Crippen molar-refractivity contribution in [3.05, 3.63) is 69.3 Å². The largest absolute Gasteiger partial charge is 0.416 e. The Hall–Kier alpha value is -2.40. The van der Waals surface area contributed by atoms with Gasteiger partial charge in [-0.3, -0.25) is 14.9 Å². The second-order valence-corrected chi connectivity index (χ2v) is 9.44. The first-order chi connectivity index (χ1) is 14.8. The minimum absolute atomic E-state index is 0.0425. The molecule has 31 heavy (non-hydrogen) atoms. The van der Waals surface area contributed by atoms with Gasteiger partial charge in [-0.25, -0.2) is 0 Å². The van der Waals surface area contributed by atoms with Crippen LogP contribution < -0.4 is 10.6 Å². The quantitative estimate of drug-likeness (QED) is 0.323. The molecule has 1 saturated heterocycles.